The van der Waals surface area contributed by atoms with Gasteiger partial charge in [0, 0.05) is 25.0 Å². The number of benzene rings is 1. The summed E-state index contributed by atoms with van der Waals surface area (Å²) in [4.78, 5) is 14.2. The molecule has 23 heavy (non-hydrogen) atoms. The highest BCUT2D eigenvalue weighted by atomic mass is 32.2. The van der Waals surface area contributed by atoms with Gasteiger partial charge in [-0.3, -0.25) is 4.79 Å². The Morgan fingerprint density at radius 2 is 1.91 bits per heavy atom. The Hall–Kier alpha value is -2.12. The van der Waals surface area contributed by atoms with Crippen molar-refractivity contribution >= 4 is 15.9 Å². The Bertz CT molecular complexity index is 799. The minimum atomic E-state index is -3.59. The number of aromatic nitrogens is 1. The number of fused-ring (bicyclic) bond motifs is 1. The highest BCUT2D eigenvalue weighted by Gasteiger charge is 2.33. The predicted octanol–water partition coefficient (Wildman–Crippen LogP) is 0.969. The zero-order valence-corrected chi connectivity index (χ0v) is 13.7. The van der Waals surface area contributed by atoms with Crippen molar-refractivity contribution in [1.82, 2.24) is 14.2 Å². The molecule has 6 nitrogen and oxygen atoms in total. The molecule has 0 aliphatic carbocycles. The van der Waals surface area contributed by atoms with Crippen molar-refractivity contribution < 1.29 is 13.2 Å². The van der Waals surface area contributed by atoms with Crippen LogP contribution in [-0.2, 0) is 21.4 Å². The van der Waals surface area contributed by atoms with E-state index in [0.717, 1.165) is 11.3 Å². The molecule has 0 saturated carbocycles. The average Bonchev–Trinajstić information content (AvgIpc) is 3.03. The number of nitrogens with zero attached hydrogens (tertiary/aromatic N) is 2. The maximum absolute atomic E-state index is 12.6. The number of sulfonamides is 1. The van der Waals surface area contributed by atoms with Crippen LogP contribution in [-0.4, -0.2) is 43.1 Å². The summed E-state index contributed by atoms with van der Waals surface area (Å²) >= 11 is 0. The molecule has 0 fully saturated rings. The minimum absolute atomic E-state index is 0.264. The summed E-state index contributed by atoms with van der Waals surface area (Å²) in [5.74, 6) is -0.922. The first-order valence-electron chi connectivity index (χ1n) is 7.42. The van der Waals surface area contributed by atoms with Gasteiger partial charge in [0.15, 0.2) is 0 Å². The Balaban J connectivity index is 1.98. The van der Waals surface area contributed by atoms with Gasteiger partial charge in [-0.25, -0.2) is 13.1 Å². The van der Waals surface area contributed by atoms with Gasteiger partial charge in [0.1, 0.15) is 5.75 Å². The molecule has 1 N–H and O–H groups in total. The summed E-state index contributed by atoms with van der Waals surface area (Å²) in [7, 11) is -2.27. The van der Waals surface area contributed by atoms with Crippen LogP contribution < -0.4 is 4.72 Å². The number of hydrogen-bond acceptors (Lipinski definition) is 3. The fraction of sp³-hybridized carbons (Fsp3) is 0.312. The summed E-state index contributed by atoms with van der Waals surface area (Å²) in [5.41, 5.74) is 1.97. The highest BCUT2D eigenvalue weighted by molar-refractivity contribution is 7.90. The summed E-state index contributed by atoms with van der Waals surface area (Å²) < 4.78 is 27.8. The fourth-order valence-electron chi connectivity index (χ4n) is 2.96. The van der Waals surface area contributed by atoms with E-state index in [-0.39, 0.29) is 11.9 Å². The molecule has 1 atom stereocenters. The molecule has 0 bridgehead atoms. The SMILES string of the molecule is CNS(=O)(=O)CC(=O)N1CCn2cccc2[C@H]1c1ccccc1. The van der Waals surface area contributed by atoms with Gasteiger partial charge in [-0.15, -0.1) is 0 Å². The fourth-order valence-corrected chi connectivity index (χ4v) is 3.59. The summed E-state index contributed by atoms with van der Waals surface area (Å²) in [5, 5.41) is 0. The van der Waals surface area contributed by atoms with Gasteiger partial charge in [0.05, 0.1) is 6.04 Å². The lowest BCUT2D eigenvalue weighted by molar-refractivity contribution is -0.131. The third-order valence-corrected chi connectivity index (χ3v) is 5.35. The summed E-state index contributed by atoms with van der Waals surface area (Å²) in [6, 6.07) is 13.3. The largest absolute Gasteiger partial charge is 0.348 e. The standard InChI is InChI=1S/C16H19N3O3S/c1-17-23(21,22)12-15(20)19-11-10-18-9-5-8-14(18)16(19)13-6-3-2-4-7-13/h2-9,16-17H,10-12H2,1H3/t16-/m1/s1. The predicted molar refractivity (Wildman–Crippen MR) is 87.3 cm³/mol. The van der Waals surface area contributed by atoms with Crippen LogP contribution in [0.1, 0.15) is 17.3 Å². The number of nitrogens with one attached hydrogen (secondary N) is 1. The normalized spacial score (nSPS) is 17.8. The van der Waals surface area contributed by atoms with Crippen molar-refractivity contribution in [2.45, 2.75) is 12.6 Å². The van der Waals surface area contributed by atoms with Crippen LogP contribution >= 0.6 is 0 Å². The first kappa shape index (κ1) is 15.8. The molecule has 2 aromatic rings. The molecular formula is C16H19N3O3S. The number of rotatable bonds is 4. The Kier molecular flexibility index (Phi) is 4.23. The number of carbonyl (C=O) groups excluding carboxylic acids is 1. The van der Waals surface area contributed by atoms with Crippen LogP contribution in [0.5, 0.6) is 0 Å². The molecular weight excluding hydrogens is 314 g/mol. The first-order valence-corrected chi connectivity index (χ1v) is 9.08. The van der Waals surface area contributed by atoms with Crippen molar-refractivity contribution in [3.8, 4) is 0 Å². The van der Waals surface area contributed by atoms with Crippen LogP contribution in [0.2, 0.25) is 0 Å². The van der Waals surface area contributed by atoms with Crippen molar-refractivity contribution in [3.05, 3.63) is 59.9 Å². The van der Waals surface area contributed by atoms with E-state index in [9.17, 15) is 13.2 Å². The van der Waals surface area contributed by atoms with E-state index < -0.39 is 15.8 Å². The van der Waals surface area contributed by atoms with Crippen molar-refractivity contribution in [3.63, 3.8) is 0 Å². The lowest BCUT2D eigenvalue weighted by Gasteiger charge is -2.37. The van der Waals surface area contributed by atoms with Gasteiger partial charge in [-0.05, 0) is 24.7 Å². The van der Waals surface area contributed by atoms with E-state index >= 15 is 0 Å². The lowest BCUT2D eigenvalue weighted by atomic mass is 10.00. The van der Waals surface area contributed by atoms with E-state index in [4.69, 9.17) is 0 Å². The van der Waals surface area contributed by atoms with Crippen LogP contribution in [0.4, 0.5) is 0 Å². The quantitative estimate of drug-likeness (QED) is 0.906. The summed E-state index contributed by atoms with van der Waals surface area (Å²) in [6.07, 6.45) is 1.98. The van der Waals surface area contributed by atoms with E-state index in [1.807, 2.05) is 48.7 Å². The topological polar surface area (TPSA) is 71.4 Å². The summed E-state index contributed by atoms with van der Waals surface area (Å²) in [6.45, 7) is 1.15. The van der Waals surface area contributed by atoms with Gasteiger partial charge < -0.3 is 9.47 Å². The highest BCUT2D eigenvalue weighted by Crippen LogP contribution is 2.32. The number of carbonyl (C=O) groups is 1. The molecule has 7 heteroatoms. The third kappa shape index (κ3) is 3.16. The maximum Gasteiger partial charge on any atom is 0.240 e. The minimum Gasteiger partial charge on any atom is -0.348 e. The Morgan fingerprint density at radius 3 is 2.61 bits per heavy atom. The monoisotopic (exact) mass is 333 g/mol. The van der Waals surface area contributed by atoms with Gasteiger partial charge in [-0.2, -0.15) is 0 Å². The molecule has 1 aromatic carbocycles. The molecule has 0 unspecified atom stereocenters. The molecule has 122 valence electrons. The molecule has 1 amide bonds. The van der Waals surface area contributed by atoms with E-state index in [1.165, 1.54) is 7.05 Å². The molecule has 1 aromatic heterocycles. The zero-order chi connectivity index (χ0) is 16.4. The van der Waals surface area contributed by atoms with Gasteiger partial charge in [0.25, 0.3) is 0 Å². The van der Waals surface area contributed by atoms with Crippen LogP contribution in [0.15, 0.2) is 48.7 Å². The molecule has 2 heterocycles. The average molecular weight is 333 g/mol. The Morgan fingerprint density at radius 1 is 1.17 bits per heavy atom. The van der Waals surface area contributed by atoms with Crippen molar-refractivity contribution in [1.29, 1.82) is 0 Å². The maximum atomic E-state index is 12.6. The second kappa shape index (κ2) is 6.17. The van der Waals surface area contributed by atoms with E-state index in [0.29, 0.717) is 13.1 Å². The Labute approximate surface area is 135 Å². The van der Waals surface area contributed by atoms with Gasteiger partial charge in [0.2, 0.25) is 15.9 Å². The first-order chi connectivity index (χ1) is 11.0. The molecule has 0 spiro atoms. The van der Waals surface area contributed by atoms with Gasteiger partial charge >= 0.3 is 0 Å². The molecule has 1 aliphatic rings. The van der Waals surface area contributed by atoms with E-state index in [1.54, 1.807) is 4.90 Å². The van der Waals surface area contributed by atoms with E-state index in [2.05, 4.69) is 9.29 Å². The van der Waals surface area contributed by atoms with Crippen LogP contribution in [0.25, 0.3) is 0 Å². The van der Waals surface area contributed by atoms with Crippen LogP contribution in [0, 0.1) is 0 Å². The van der Waals surface area contributed by atoms with Crippen molar-refractivity contribution in [2.24, 2.45) is 0 Å². The molecule has 3 rings (SSSR count). The number of hydrogen-bond donors (Lipinski definition) is 1. The second-order valence-electron chi connectivity index (χ2n) is 5.49. The number of amides is 1. The molecule has 0 radical (unpaired) electrons. The second-order valence-corrected chi connectivity index (χ2v) is 7.42. The molecule has 1 aliphatic heterocycles. The third-order valence-electron chi connectivity index (χ3n) is 4.10. The van der Waals surface area contributed by atoms with Crippen LogP contribution in [0.3, 0.4) is 0 Å². The zero-order valence-electron chi connectivity index (χ0n) is 12.8. The van der Waals surface area contributed by atoms with Crippen molar-refractivity contribution in [2.75, 3.05) is 19.3 Å². The molecule has 0 saturated heterocycles. The smallest absolute Gasteiger partial charge is 0.240 e. The van der Waals surface area contributed by atoms with Gasteiger partial charge in [-0.1, -0.05) is 30.3 Å². The lowest BCUT2D eigenvalue weighted by Crippen LogP contribution is -2.45.